The first-order chi connectivity index (χ1) is 11.5. The number of ether oxygens (including phenoxy) is 1. The minimum Gasteiger partial charge on any atom is -0.484 e. The zero-order valence-corrected chi connectivity index (χ0v) is 13.2. The van der Waals surface area contributed by atoms with E-state index in [1.807, 2.05) is 6.07 Å². The fourth-order valence-corrected chi connectivity index (χ4v) is 2.51. The number of fused-ring (bicyclic) bond motifs is 1. The van der Waals surface area contributed by atoms with Crippen LogP contribution < -0.4 is 15.4 Å². The van der Waals surface area contributed by atoms with Gasteiger partial charge in [0.2, 0.25) is 5.91 Å². The first-order valence-electron chi connectivity index (χ1n) is 7.63. The number of rotatable bonds is 4. The Morgan fingerprint density at radius 2 is 2.08 bits per heavy atom. The lowest BCUT2D eigenvalue weighted by atomic mass is 10.0. The average Bonchev–Trinajstić information content (AvgIpc) is 2.56. The van der Waals surface area contributed by atoms with Crippen LogP contribution in [0.5, 0.6) is 5.75 Å². The summed E-state index contributed by atoms with van der Waals surface area (Å²) in [7, 11) is 0. The van der Waals surface area contributed by atoms with E-state index in [4.69, 9.17) is 4.74 Å². The van der Waals surface area contributed by atoms with Crippen molar-refractivity contribution in [2.75, 3.05) is 17.2 Å². The quantitative estimate of drug-likeness (QED) is 0.906. The molecule has 0 bridgehead atoms. The van der Waals surface area contributed by atoms with Gasteiger partial charge in [-0.2, -0.15) is 0 Å². The van der Waals surface area contributed by atoms with Crippen LogP contribution in [0.3, 0.4) is 0 Å². The van der Waals surface area contributed by atoms with Gasteiger partial charge in [-0.3, -0.25) is 9.59 Å². The minimum atomic E-state index is -0.409. The molecule has 1 heterocycles. The van der Waals surface area contributed by atoms with E-state index in [0.29, 0.717) is 24.3 Å². The monoisotopic (exact) mass is 328 g/mol. The molecule has 1 aliphatic rings. The Bertz CT molecular complexity index is 805. The van der Waals surface area contributed by atoms with Gasteiger partial charge in [-0.25, -0.2) is 4.39 Å². The normalized spacial score (nSPS) is 13.0. The SMILES string of the molecule is Cc1ccc(F)cc1NC(=O)COc1ccc2c(c1)CCC(=O)N2. The fourth-order valence-electron chi connectivity index (χ4n) is 2.51. The van der Waals surface area contributed by atoms with E-state index in [0.717, 1.165) is 16.8 Å². The first kappa shape index (κ1) is 16.0. The van der Waals surface area contributed by atoms with Crippen molar-refractivity contribution in [3.8, 4) is 5.75 Å². The molecule has 2 amide bonds. The molecule has 0 aromatic heterocycles. The van der Waals surface area contributed by atoms with E-state index in [-0.39, 0.29) is 18.4 Å². The summed E-state index contributed by atoms with van der Waals surface area (Å²) in [6.45, 7) is 1.61. The number of amides is 2. The molecule has 0 saturated carbocycles. The number of hydrogen-bond acceptors (Lipinski definition) is 3. The average molecular weight is 328 g/mol. The highest BCUT2D eigenvalue weighted by Gasteiger charge is 2.15. The van der Waals surface area contributed by atoms with Crippen molar-refractivity contribution in [3.63, 3.8) is 0 Å². The van der Waals surface area contributed by atoms with Crippen molar-refractivity contribution in [2.45, 2.75) is 19.8 Å². The van der Waals surface area contributed by atoms with Crippen molar-refractivity contribution in [2.24, 2.45) is 0 Å². The van der Waals surface area contributed by atoms with Crippen LogP contribution in [0.25, 0.3) is 0 Å². The molecule has 0 saturated heterocycles. The van der Waals surface area contributed by atoms with E-state index < -0.39 is 5.82 Å². The van der Waals surface area contributed by atoms with Gasteiger partial charge in [0.25, 0.3) is 5.91 Å². The Kier molecular flexibility index (Phi) is 4.46. The summed E-state index contributed by atoms with van der Waals surface area (Å²) in [6.07, 6.45) is 1.09. The largest absolute Gasteiger partial charge is 0.484 e. The molecule has 0 radical (unpaired) electrons. The van der Waals surface area contributed by atoms with E-state index in [2.05, 4.69) is 10.6 Å². The molecule has 24 heavy (non-hydrogen) atoms. The van der Waals surface area contributed by atoms with E-state index in [1.54, 1.807) is 25.1 Å². The van der Waals surface area contributed by atoms with Gasteiger partial charge in [-0.15, -0.1) is 0 Å². The number of benzene rings is 2. The molecule has 5 nitrogen and oxygen atoms in total. The molecule has 2 aromatic carbocycles. The van der Waals surface area contributed by atoms with Crippen molar-refractivity contribution >= 4 is 23.2 Å². The summed E-state index contributed by atoms with van der Waals surface area (Å²) in [5, 5.41) is 5.42. The molecule has 0 unspecified atom stereocenters. The number of halogens is 1. The summed E-state index contributed by atoms with van der Waals surface area (Å²) in [6, 6.07) is 9.49. The topological polar surface area (TPSA) is 67.4 Å². The Hall–Kier alpha value is -2.89. The fraction of sp³-hybridized carbons (Fsp3) is 0.222. The van der Waals surface area contributed by atoms with Crippen molar-refractivity contribution in [1.82, 2.24) is 0 Å². The van der Waals surface area contributed by atoms with E-state index >= 15 is 0 Å². The molecule has 0 fully saturated rings. The van der Waals surface area contributed by atoms with Crippen LogP contribution in [-0.2, 0) is 16.0 Å². The van der Waals surface area contributed by atoms with Crippen molar-refractivity contribution in [3.05, 3.63) is 53.3 Å². The molecular weight excluding hydrogens is 311 g/mol. The zero-order chi connectivity index (χ0) is 17.1. The number of anilines is 2. The van der Waals surface area contributed by atoms with Gasteiger partial charge in [0.1, 0.15) is 11.6 Å². The third kappa shape index (κ3) is 3.71. The summed E-state index contributed by atoms with van der Waals surface area (Å²) < 4.78 is 18.7. The van der Waals surface area contributed by atoms with Gasteiger partial charge in [0.05, 0.1) is 0 Å². The van der Waals surface area contributed by atoms with Crippen molar-refractivity contribution < 1.29 is 18.7 Å². The van der Waals surface area contributed by atoms with Crippen LogP contribution in [0.2, 0.25) is 0 Å². The molecule has 2 N–H and O–H groups in total. The predicted octanol–water partition coefficient (Wildman–Crippen LogP) is 3.04. The lowest BCUT2D eigenvalue weighted by Crippen LogP contribution is -2.21. The number of aryl methyl sites for hydroxylation is 2. The highest BCUT2D eigenvalue weighted by molar-refractivity contribution is 5.94. The van der Waals surface area contributed by atoms with Gasteiger partial charge in [0.15, 0.2) is 6.61 Å². The van der Waals surface area contributed by atoms with E-state index in [1.165, 1.54) is 12.1 Å². The molecule has 0 spiro atoms. The number of hydrogen-bond donors (Lipinski definition) is 2. The lowest BCUT2D eigenvalue weighted by molar-refractivity contribution is -0.118. The molecule has 6 heteroatoms. The Labute approximate surface area is 138 Å². The predicted molar refractivity (Wildman–Crippen MR) is 88.7 cm³/mol. The van der Waals surface area contributed by atoms with Crippen LogP contribution in [0.1, 0.15) is 17.5 Å². The molecule has 0 atom stereocenters. The molecule has 2 aromatic rings. The maximum absolute atomic E-state index is 13.2. The summed E-state index contributed by atoms with van der Waals surface area (Å²) in [5.41, 5.74) is 2.96. The second kappa shape index (κ2) is 6.70. The first-order valence-corrected chi connectivity index (χ1v) is 7.63. The second-order valence-electron chi connectivity index (χ2n) is 5.66. The molecule has 1 aliphatic heterocycles. The number of carbonyl (C=O) groups is 2. The highest BCUT2D eigenvalue weighted by atomic mass is 19.1. The van der Waals surface area contributed by atoms with Crippen LogP contribution in [-0.4, -0.2) is 18.4 Å². The minimum absolute atomic E-state index is 0.000935. The third-order valence-electron chi connectivity index (χ3n) is 3.82. The molecule has 0 aliphatic carbocycles. The van der Waals surface area contributed by atoms with Crippen LogP contribution in [0.4, 0.5) is 15.8 Å². The maximum atomic E-state index is 13.2. The number of nitrogens with one attached hydrogen (secondary N) is 2. The smallest absolute Gasteiger partial charge is 0.262 e. The Morgan fingerprint density at radius 1 is 1.25 bits per heavy atom. The van der Waals surface area contributed by atoms with Crippen LogP contribution in [0, 0.1) is 12.7 Å². The number of carbonyl (C=O) groups excluding carboxylic acids is 2. The Morgan fingerprint density at radius 3 is 2.92 bits per heavy atom. The van der Waals surface area contributed by atoms with Crippen molar-refractivity contribution in [1.29, 1.82) is 0 Å². The van der Waals surface area contributed by atoms with E-state index in [9.17, 15) is 14.0 Å². The summed E-state index contributed by atoms with van der Waals surface area (Å²) in [4.78, 5) is 23.3. The van der Waals surface area contributed by atoms with Crippen LogP contribution >= 0.6 is 0 Å². The second-order valence-corrected chi connectivity index (χ2v) is 5.66. The van der Waals surface area contributed by atoms with Gasteiger partial charge < -0.3 is 15.4 Å². The van der Waals surface area contributed by atoms with Gasteiger partial charge in [-0.1, -0.05) is 6.07 Å². The third-order valence-corrected chi connectivity index (χ3v) is 3.82. The summed E-state index contributed by atoms with van der Waals surface area (Å²) >= 11 is 0. The zero-order valence-electron chi connectivity index (χ0n) is 13.2. The van der Waals surface area contributed by atoms with Gasteiger partial charge in [-0.05, 0) is 54.8 Å². The lowest BCUT2D eigenvalue weighted by Gasteiger charge is -2.17. The standard InChI is InChI=1S/C18H17FN2O3/c1-11-2-4-13(19)9-16(11)21-18(23)10-24-14-5-6-15-12(8-14)3-7-17(22)20-15/h2,4-6,8-9H,3,7,10H2,1H3,(H,20,22)(H,21,23). The molecule has 124 valence electrons. The summed E-state index contributed by atoms with van der Waals surface area (Å²) in [5.74, 6) is -0.222. The Balaban J connectivity index is 1.60. The highest BCUT2D eigenvalue weighted by Crippen LogP contribution is 2.26. The maximum Gasteiger partial charge on any atom is 0.262 e. The van der Waals surface area contributed by atoms with Gasteiger partial charge in [0, 0.05) is 17.8 Å². The molecular formula is C18H17FN2O3. The van der Waals surface area contributed by atoms with Crippen LogP contribution in [0.15, 0.2) is 36.4 Å². The molecule has 3 rings (SSSR count). The van der Waals surface area contributed by atoms with Gasteiger partial charge >= 0.3 is 0 Å².